The number of methoxy groups -OCH3 is 1. The first-order valence-electron chi connectivity index (χ1n) is 7.19. The number of hydrogen-bond donors (Lipinski definition) is 0. The molecule has 0 N–H and O–H groups in total. The van der Waals surface area contributed by atoms with Crippen molar-refractivity contribution in [1.29, 1.82) is 0 Å². The summed E-state index contributed by atoms with van der Waals surface area (Å²) in [5.74, 6) is 0.893. The monoisotopic (exact) mass is 286 g/mol. The standard InChI is InChI=1S/C15H18N4O2/c1-20-13-4-2-11(3-5-13)7-18-8-14-15(9-18)21-10-12-6-16-17-19(12)14/h2-6,14-15H,7-10H2,1H3/t14?,15-/m1/s1. The molecule has 0 spiro atoms. The van der Waals surface area contributed by atoms with Crippen molar-refractivity contribution in [3.05, 3.63) is 41.7 Å². The third kappa shape index (κ3) is 2.30. The van der Waals surface area contributed by atoms with Crippen molar-refractivity contribution in [3.8, 4) is 5.75 Å². The molecule has 0 amide bonds. The molecule has 21 heavy (non-hydrogen) atoms. The van der Waals surface area contributed by atoms with Crippen LogP contribution in [0, 0.1) is 0 Å². The van der Waals surface area contributed by atoms with E-state index in [1.54, 1.807) is 13.3 Å². The summed E-state index contributed by atoms with van der Waals surface area (Å²) in [7, 11) is 1.69. The number of likely N-dealkylation sites (tertiary alicyclic amines) is 1. The first kappa shape index (κ1) is 12.8. The average Bonchev–Trinajstić information content (AvgIpc) is 3.12. The van der Waals surface area contributed by atoms with Crippen LogP contribution in [0.4, 0.5) is 0 Å². The Morgan fingerprint density at radius 1 is 1.29 bits per heavy atom. The zero-order valence-electron chi connectivity index (χ0n) is 12.0. The van der Waals surface area contributed by atoms with Crippen molar-refractivity contribution < 1.29 is 9.47 Å². The minimum Gasteiger partial charge on any atom is -0.497 e. The molecule has 1 aromatic carbocycles. The Bertz CT molecular complexity index is 625. The largest absolute Gasteiger partial charge is 0.497 e. The van der Waals surface area contributed by atoms with Gasteiger partial charge in [0.05, 0.1) is 37.8 Å². The second-order valence-corrected chi connectivity index (χ2v) is 5.63. The van der Waals surface area contributed by atoms with Crippen molar-refractivity contribution in [2.24, 2.45) is 0 Å². The zero-order chi connectivity index (χ0) is 14.2. The van der Waals surface area contributed by atoms with Gasteiger partial charge >= 0.3 is 0 Å². The van der Waals surface area contributed by atoms with E-state index in [1.165, 1.54) is 5.56 Å². The number of rotatable bonds is 3. The predicted octanol–water partition coefficient (Wildman–Crippen LogP) is 1.24. The van der Waals surface area contributed by atoms with E-state index < -0.39 is 0 Å². The fourth-order valence-electron chi connectivity index (χ4n) is 3.19. The molecule has 4 rings (SSSR count). The summed E-state index contributed by atoms with van der Waals surface area (Å²) in [6.07, 6.45) is 2.01. The Balaban J connectivity index is 1.47. The maximum Gasteiger partial charge on any atom is 0.118 e. The van der Waals surface area contributed by atoms with Gasteiger partial charge in [-0.05, 0) is 17.7 Å². The van der Waals surface area contributed by atoms with Crippen LogP contribution in [0.5, 0.6) is 5.75 Å². The Kier molecular flexibility index (Phi) is 3.12. The molecule has 0 saturated carbocycles. The normalized spacial score (nSPS) is 24.6. The van der Waals surface area contributed by atoms with Gasteiger partial charge in [0.15, 0.2) is 0 Å². The molecule has 2 aliphatic rings. The third-order valence-electron chi connectivity index (χ3n) is 4.29. The predicted molar refractivity (Wildman–Crippen MR) is 75.9 cm³/mol. The van der Waals surface area contributed by atoms with E-state index in [2.05, 4.69) is 27.3 Å². The molecule has 1 fully saturated rings. The summed E-state index contributed by atoms with van der Waals surface area (Å²) in [6, 6.07) is 8.52. The lowest BCUT2D eigenvalue weighted by atomic mass is 10.2. The molecule has 6 nitrogen and oxygen atoms in total. The number of hydrogen-bond acceptors (Lipinski definition) is 5. The van der Waals surface area contributed by atoms with Crippen LogP contribution in [0.15, 0.2) is 30.5 Å². The van der Waals surface area contributed by atoms with Crippen LogP contribution in [0.3, 0.4) is 0 Å². The zero-order valence-corrected chi connectivity index (χ0v) is 12.0. The summed E-state index contributed by atoms with van der Waals surface area (Å²) >= 11 is 0. The second-order valence-electron chi connectivity index (χ2n) is 5.63. The van der Waals surface area contributed by atoms with Crippen LogP contribution in [0.1, 0.15) is 17.3 Å². The first-order chi connectivity index (χ1) is 10.3. The van der Waals surface area contributed by atoms with Crippen LogP contribution in [0.2, 0.25) is 0 Å². The van der Waals surface area contributed by atoms with Gasteiger partial charge in [0.25, 0.3) is 0 Å². The van der Waals surface area contributed by atoms with Crippen LogP contribution in [-0.4, -0.2) is 46.2 Å². The summed E-state index contributed by atoms with van der Waals surface area (Å²) in [4.78, 5) is 2.41. The van der Waals surface area contributed by atoms with Crippen molar-refractivity contribution in [3.63, 3.8) is 0 Å². The molecule has 1 aromatic heterocycles. The third-order valence-corrected chi connectivity index (χ3v) is 4.29. The van der Waals surface area contributed by atoms with Crippen molar-refractivity contribution in [1.82, 2.24) is 19.9 Å². The summed E-state index contributed by atoms with van der Waals surface area (Å²) in [5.41, 5.74) is 2.36. The number of fused-ring (bicyclic) bond motifs is 3. The van der Waals surface area contributed by atoms with Gasteiger partial charge in [0.1, 0.15) is 5.75 Å². The molecule has 1 unspecified atom stereocenters. The lowest BCUT2D eigenvalue weighted by molar-refractivity contribution is -0.00521. The van der Waals surface area contributed by atoms with Crippen LogP contribution >= 0.6 is 0 Å². The molecule has 6 heteroatoms. The molecule has 1 saturated heterocycles. The molecule has 0 radical (unpaired) electrons. The highest BCUT2D eigenvalue weighted by molar-refractivity contribution is 5.27. The van der Waals surface area contributed by atoms with Gasteiger partial charge in [-0.3, -0.25) is 4.90 Å². The number of benzene rings is 1. The lowest BCUT2D eigenvalue weighted by Gasteiger charge is -2.25. The average molecular weight is 286 g/mol. The second kappa shape index (κ2) is 5.13. The minimum absolute atomic E-state index is 0.220. The molecule has 110 valence electrons. The van der Waals surface area contributed by atoms with Gasteiger partial charge in [-0.2, -0.15) is 0 Å². The summed E-state index contributed by atoms with van der Waals surface area (Å²) in [6.45, 7) is 3.43. The summed E-state index contributed by atoms with van der Waals surface area (Å²) in [5, 5.41) is 8.20. The highest BCUT2D eigenvalue weighted by Crippen LogP contribution is 2.30. The van der Waals surface area contributed by atoms with E-state index in [1.807, 2.05) is 16.8 Å². The first-order valence-corrected chi connectivity index (χ1v) is 7.19. The molecule has 3 heterocycles. The van der Waals surface area contributed by atoms with Crippen molar-refractivity contribution in [2.45, 2.75) is 25.3 Å². The number of ether oxygens (including phenoxy) is 2. The highest BCUT2D eigenvalue weighted by atomic mass is 16.5. The minimum atomic E-state index is 0.220. The van der Waals surface area contributed by atoms with Gasteiger partial charge in [0, 0.05) is 19.6 Å². The van der Waals surface area contributed by atoms with Gasteiger partial charge in [-0.1, -0.05) is 17.3 Å². The van der Waals surface area contributed by atoms with Gasteiger partial charge in [0.2, 0.25) is 0 Å². The fraction of sp³-hybridized carbons (Fsp3) is 0.467. The maximum atomic E-state index is 5.93. The van der Waals surface area contributed by atoms with Crippen molar-refractivity contribution >= 4 is 0 Å². The molecule has 0 aliphatic carbocycles. The number of aromatic nitrogens is 3. The van der Waals surface area contributed by atoms with Crippen LogP contribution in [-0.2, 0) is 17.9 Å². The van der Waals surface area contributed by atoms with Gasteiger partial charge < -0.3 is 9.47 Å². The Hall–Kier alpha value is -1.92. The van der Waals surface area contributed by atoms with Crippen LogP contribution < -0.4 is 4.74 Å². The van der Waals surface area contributed by atoms with E-state index >= 15 is 0 Å². The molecule has 2 aliphatic heterocycles. The molecular formula is C15H18N4O2. The van der Waals surface area contributed by atoms with Gasteiger partial charge in [-0.15, -0.1) is 5.10 Å². The maximum absolute atomic E-state index is 5.93. The van der Waals surface area contributed by atoms with E-state index in [0.717, 1.165) is 31.1 Å². The molecular weight excluding hydrogens is 268 g/mol. The molecule has 2 atom stereocenters. The summed E-state index contributed by atoms with van der Waals surface area (Å²) < 4.78 is 13.2. The van der Waals surface area contributed by atoms with E-state index in [-0.39, 0.29) is 12.1 Å². The Morgan fingerprint density at radius 3 is 2.95 bits per heavy atom. The van der Waals surface area contributed by atoms with E-state index in [0.29, 0.717) is 6.61 Å². The van der Waals surface area contributed by atoms with Crippen LogP contribution in [0.25, 0.3) is 0 Å². The topological polar surface area (TPSA) is 52.4 Å². The highest BCUT2D eigenvalue weighted by Gasteiger charge is 2.39. The van der Waals surface area contributed by atoms with Crippen molar-refractivity contribution in [2.75, 3.05) is 20.2 Å². The number of nitrogens with zero attached hydrogens (tertiary/aromatic N) is 4. The van der Waals surface area contributed by atoms with Gasteiger partial charge in [-0.25, -0.2) is 4.68 Å². The lowest BCUT2D eigenvalue weighted by Crippen LogP contribution is -2.32. The fourth-order valence-corrected chi connectivity index (χ4v) is 3.19. The Labute approximate surface area is 123 Å². The Morgan fingerprint density at radius 2 is 2.14 bits per heavy atom. The van der Waals surface area contributed by atoms with E-state index in [9.17, 15) is 0 Å². The molecule has 2 aromatic rings. The molecule has 0 bridgehead atoms. The smallest absolute Gasteiger partial charge is 0.118 e. The quantitative estimate of drug-likeness (QED) is 0.850. The SMILES string of the molecule is COc1ccc(CN2CC3[C@@H](C2)OCc2cnnn23)cc1. The van der Waals surface area contributed by atoms with E-state index in [4.69, 9.17) is 9.47 Å².